The lowest BCUT2D eigenvalue weighted by Gasteiger charge is -2.28. The van der Waals surface area contributed by atoms with E-state index in [-0.39, 0.29) is 29.6 Å². The molecule has 1 unspecified atom stereocenters. The summed E-state index contributed by atoms with van der Waals surface area (Å²) in [4.78, 5) is 25.2. The van der Waals surface area contributed by atoms with Crippen molar-refractivity contribution in [2.75, 3.05) is 19.7 Å². The molecule has 38 heavy (non-hydrogen) atoms. The number of hydrogen-bond donors (Lipinski definition) is 0. The molecule has 0 radical (unpaired) electrons. The minimum atomic E-state index is -4.36. The van der Waals surface area contributed by atoms with Crippen LogP contribution < -0.4 is 0 Å². The van der Waals surface area contributed by atoms with E-state index in [0.29, 0.717) is 24.4 Å². The highest BCUT2D eigenvalue weighted by Gasteiger charge is 2.33. The molecule has 0 bridgehead atoms. The lowest BCUT2D eigenvalue weighted by atomic mass is 10.2. The van der Waals surface area contributed by atoms with E-state index >= 15 is 0 Å². The number of carbonyl (C=O) groups excluding carboxylic acids is 1. The maximum atomic E-state index is 13.7. The maximum Gasteiger partial charge on any atom is 0.289 e. The Balaban J connectivity index is 1.64. The zero-order chi connectivity index (χ0) is 27.3. The number of rotatable bonds is 11. The second-order valence-corrected chi connectivity index (χ2v) is 11.1. The number of nitro groups is 1. The van der Waals surface area contributed by atoms with E-state index in [9.17, 15) is 27.7 Å². The lowest BCUT2D eigenvalue weighted by molar-refractivity contribution is -0.384. The number of amides is 1. The first kappa shape index (κ1) is 27.7. The van der Waals surface area contributed by atoms with Crippen LogP contribution in [0.25, 0.3) is 0 Å². The second kappa shape index (κ2) is 12.0. The van der Waals surface area contributed by atoms with Crippen molar-refractivity contribution in [3.63, 3.8) is 0 Å². The molecule has 1 aromatic heterocycles. The fourth-order valence-electron chi connectivity index (χ4n) is 4.09. The van der Waals surface area contributed by atoms with E-state index in [1.165, 1.54) is 35.4 Å². The molecular formula is C25H25ClFN3O7S. The Morgan fingerprint density at radius 2 is 1.92 bits per heavy atom. The fraction of sp³-hybridized carbons (Fsp3) is 0.320. The molecule has 1 aliphatic rings. The third-order valence-corrected chi connectivity index (χ3v) is 8.19. The third-order valence-electron chi connectivity index (χ3n) is 6.06. The summed E-state index contributed by atoms with van der Waals surface area (Å²) in [5.74, 6) is -0.498. The molecular weight excluding hydrogens is 541 g/mol. The summed E-state index contributed by atoms with van der Waals surface area (Å²) in [7, 11) is -4.36. The van der Waals surface area contributed by atoms with Crippen LogP contribution in [0.15, 0.2) is 70.2 Å². The van der Waals surface area contributed by atoms with E-state index in [1.807, 2.05) is 0 Å². The number of furan rings is 1. The molecule has 1 saturated heterocycles. The molecule has 4 rings (SSSR count). The molecule has 0 saturated carbocycles. The monoisotopic (exact) mass is 565 g/mol. The van der Waals surface area contributed by atoms with Crippen molar-refractivity contribution >= 4 is 33.2 Å². The van der Waals surface area contributed by atoms with E-state index in [4.69, 9.17) is 20.8 Å². The van der Waals surface area contributed by atoms with E-state index in [0.717, 1.165) is 28.9 Å². The largest absolute Gasteiger partial charge is 0.467 e. The van der Waals surface area contributed by atoms with Gasteiger partial charge in [0.2, 0.25) is 15.9 Å². The number of benzene rings is 2. The van der Waals surface area contributed by atoms with Crippen LogP contribution in [0.3, 0.4) is 0 Å². The summed E-state index contributed by atoms with van der Waals surface area (Å²) < 4.78 is 52.7. The molecule has 1 aliphatic heterocycles. The number of carbonyl (C=O) groups is 1. The maximum absolute atomic E-state index is 13.7. The van der Waals surface area contributed by atoms with E-state index in [2.05, 4.69) is 0 Å². The number of sulfonamides is 1. The fourth-order valence-corrected chi connectivity index (χ4v) is 5.72. The van der Waals surface area contributed by atoms with Gasteiger partial charge in [-0.15, -0.1) is 0 Å². The van der Waals surface area contributed by atoms with Crippen LogP contribution in [0, 0.1) is 15.9 Å². The molecule has 1 fully saturated rings. The Morgan fingerprint density at radius 3 is 2.55 bits per heavy atom. The molecule has 13 heteroatoms. The number of nitro benzene ring substituents is 1. The van der Waals surface area contributed by atoms with Crippen molar-refractivity contribution < 1.29 is 31.7 Å². The topological polar surface area (TPSA) is 123 Å². The minimum absolute atomic E-state index is 0.0451. The van der Waals surface area contributed by atoms with Crippen LogP contribution in [-0.4, -0.2) is 54.3 Å². The molecule has 1 amide bonds. The van der Waals surface area contributed by atoms with Gasteiger partial charge in [-0.25, -0.2) is 12.8 Å². The van der Waals surface area contributed by atoms with Gasteiger partial charge < -0.3 is 14.1 Å². The Labute approximate surface area is 223 Å². The van der Waals surface area contributed by atoms with Crippen LogP contribution in [-0.2, 0) is 32.6 Å². The smallest absolute Gasteiger partial charge is 0.289 e. The quantitative estimate of drug-likeness (QED) is 0.250. The first-order chi connectivity index (χ1) is 18.1. The summed E-state index contributed by atoms with van der Waals surface area (Å²) in [5, 5.41) is 11.2. The molecule has 1 atom stereocenters. The minimum Gasteiger partial charge on any atom is -0.467 e. The molecule has 2 heterocycles. The van der Waals surface area contributed by atoms with Gasteiger partial charge in [0.25, 0.3) is 5.69 Å². The lowest BCUT2D eigenvalue weighted by Crippen LogP contribution is -2.45. The first-order valence-corrected chi connectivity index (χ1v) is 13.6. The molecule has 0 N–H and O–H groups in total. The number of nitrogens with zero attached hydrogens (tertiary/aromatic N) is 3. The van der Waals surface area contributed by atoms with Crippen molar-refractivity contribution in [1.82, 2.24) is 9.21 Å². The van der Waals surface area contributed by atoms with Crippen LogP contribution in [0.1, 0.15) is 24.2 Å². The van der Waals surface area contributed by atoms with Crippen LogP contribution in [0.2, 0.25) is 5.02 Å². The van der Waals surface area contributed by atoms with Gasteiger partial charge in [0, 0.05) is 25.8 Å². The summed E-state index contributed by atoms with van der Waals surface area (Å²) in [5.41, 5.74) is 0.0695. The van der Waals surface area contributed by atoms with Crippen molar-refractivity contribution in [3.8, 4) is 0 Å². The third kappa shape index (κ3) is 6.76. The van der Waals surface area contributed by atoms with Crippen LogP contribution in [0.5, 0.6) is 0 Å². The highest BCUT2D eigenvalue weighted by molar-refractivity contribution is 7.89. The Bertz CT molecular complexity index is 1380. The van der Waals surface area contributed by atoms with Crippen molar-refractivity contribution in [2.24, 2.45) is 0 Å². The SMILES string of the molecule is O=C(CN(CC1CCCO1)S(=O)(=O)c1ccc(Cl)c([N+](=O)[O-])c1)N(Cc1ccc(F)cc1)Cc1ccco1. The second-order valence-electron chi connectivity index (χ2n) is 8.76. The van der Waals surface area contributed by atoms with Gasteiger partial charge in [-0.2, -0.15) is 4.31 Å². The zero-order valence-corrected chi connectivity index (χ0v) is 21.7. The summed E-state index contributed by atoms with van der Waals surface area (Å²) in [6, 6.07) is 12.1. The Hall–Kier alpha value is -3.32. The van der Waals surface area contributed by atoms with E-state index < -0.39 is 45.0 Å². The van der Waals surface area contributed by atoms with E-state index in [1.54, 1.807) is 12.1 Å². The Morgan fingerprint density at radius 1 is 1.16 bits per heavy atom. The Kier molecular flexibility index (Phi) is 8.77. The highest BCUT2D eigenvalue weighted by atomic mass is 35.5. The average molecular weight is 566 g/mol. The normalized spacial score (nSPS) is 15.6. The first-order valence-electron chi connectivity index (χ1n) is 11.7. The van der Waals surface area contributed by atoms with Gasteiger partial charge in [-0.3, -0.25) is 14.9 Å². The number of ether oxygens (including phenoxy) is 1. The van der Waals surface area contributed by atoms with Crippen LogP contribution >= 0.6 is 11.6 Å². The standard InChI is InChI=1S/C25H25ClFN3O7S/c26-23-10-9-22(13-24(23)30(32)33)38(34,35)29(16-21-4-2-12-37-21)17-25(31)28(15-20-3-1-11-36-20)14-18-5-7-19(27)8-6-18/h1,3,5-11,13,21H,2,4,12,14-17H2. The molecule has 0 aliphatic carbocycles. The molecule has 10 nitrogen and oxygen atoms in total. The van der Waals surface area contributed by atoms with Gasteiger partial charge in [0.05, 0.1) is 35.3 Å². The highest BCUT2D eigenvalue weighted by Crippen LogP contribution is 2.29. The summed E-state index contributed by atoms with van der Waals surface area (Å²) >= 11 is 5.88. The van der Waals surface area contributed by atoms with Crippen molar-refractivity contribution in [3.05, 3.63) is 93.1 Å². The molecule has 3 aromatic rings. The van der Waals surface area contributed by atoms with Gasteiger partial charge in [-0.1, -0.05) is 23.7 Å². The predicted molar refractivity (Wildman–Crippen MR) is 135 cm³/mol. The van der Waals surface area contributed by atoms with Gasteiger partial charge in [0.15, 0.2) is 0 Å². The predicted octanol–water partition coefficient (Wildman–Crippen LogP) is 4.38. The summed E-state index contributed by atoms with van der Waals surface area (Å²) in [6.45, 7) is -0.0895. The van der Waals surface area contributed by atoms with Gasteiger partial charge in [-0.05, 0) is 54.8 Å². The summed E-state index contributed by atoms with van der Waals surface area (Å²) in [6.07, 6.45) is 2.37. The average Bonchev–Trinajstić information content (AvgIpc) is 3.59. The molecule has 0 spiro atoms. The zero-order valence-electron chi connectivity index (χ0n) is 20.2. The van der Waals surface area contributed by atoms with Gasteiger partial charge >= 0.3 is 0 Å². The van der Waals surface area contributed by atoms with Crippen molar-refractivity contribution in [1.29, 1.82) is 0 Å². The van der Waals surface area contributed by atoms with Gasteiger partial charge in [0.1, 0.15) is 16.6 Å². The molecule has 2 aromatic carbocycles. The van der Waals surface area contributed by atoms with Crippen LogP contribution in [0.4, 0.5) is 10.1 Å². The molecule has 202 valence electrons. The number of hydrogen-bond acceptors (Lipinski definition) is 7. The number of halogens is 2. The van der Waals surface area contributed by atoms with Crippen molar-refractivity contribution in [2.45, 2.75) is 36.9 Å².